The van der Waals surface area contributed by atoms with Gasteiger partial charge in [-0.05, 0) is 86.7 Å². The van der Waals surface area contributed by atoms with Crippen LogP contribution in [0.5, 0.6) is 0 Å². The topological polar surface area (TPSA) is 79.7 Å². The first-order valence-corrected chi connectivity index (χ1v) is 23.6. The van der Waals surface area contributed by atoms with E-state index in [2.05, 4.69) is 70.7 Å². The third kappa shape index (κ3) is 8.69. The first kappa shape index (κ1) is 37.9. The molecule has 4 atom stereocenters. The van der Waals surface area contributed by atoms with Gasteiger partial charge >= 0.3 is 0 Å². The normalized spacial score (nSPS) is 22.9. The fourth-order valence-electron chi connectivity index (χ4n) is 9.03. The molecule has 1 amide bonds. The number of ketones is 1. The molecule has 6 rings (SSSR count). The summed E-state index contributed by atoms with van der Waals surface area (Å²) in [6, 6.07) is 8.77. The van der Waals surface area contributed by atoms with Gasteiger partial charge in [0.1, 0.15) is 18.3 Å². The van der Waals surface area contributed by atoms with E-state index in [4.69, 9.17) is 9.72 Å². The number of hydrogen-bond donors (Lipinski definition) is 1. The fraction of sp³-hybridized carbons (Fsp3) is 0.643. The second kappa shape index (κ2) is 16.4. The molecule has 8 nitrogen and oxygen atoms in total. The van der Waals surface area contributed by atoms with Gasteiger partial charge in [0.2, 0.25) is 5.91 Å². The summed E-state index contributed by atoms with van der Waals surface area (Å²) in [5.74, 6) is 1.44. The summed E-state index contributed by atoms with van der Waals surface area (Å²) in [4.78, 5) is 36.2. The van der Waals surface area contributed by atoms with E-state index in [0.29, 0.717) is 44.0 Å². The van der Waals surface area contributed by atoms with Crippen molar-refractivity contribution >= 4 is 19.8 Å². The molecule has 0 radical (unpaired) electrons. The van der Waals surface area contributed by atoms with Crippen molar-refractivity contribution in [3.8, 4) is 11.3 Å². The van der Waals surface area contributed by atoms with Crippen LogP contribution in [-0.4, -0.2) is 71.9 Å². The van der Waals surface area contributed by atoms with Crippen LogP contribution in [0.3, 0.4) is 0 Å². The van der Waals surface area contributed by atoms with Crippen LogP contribution in [-0.2, 0) is 21.1 Å². The number of imidazole rings is 1. The summed E-state index contributed by atoms with van der Waals surface area (Å²) in [6.07, 6.45) is 16.3. The van der Waals surface area contributed by atoms with Crippen molar-refractivity contribution in [3.05, 3.63) is 66.7 Å². The predicted molar refractivity (Wildman–Crippen MR) is 209 cm³/mol. The quantitative estimate of drug-likeness (QED) is 0.0841. The lowest BCUT2D eigenvalue weighted by Crippen LogP contribution is -2.38. The van der Waals surface area contributed by atoms with Gasteiger partial charge in [-0.3, -0.25) is 19.4 Å². The van der Waals surface area contributed by atoms with Crippen LogP contribution in [0, 0.1) is 11.3 Å². The number of aromatic nitrogens is 2. The van der Waals surface area contributed by atoms with Crippen LogP contribution >= 0.6 is 0 Å². The Morgan fingerprint density at radius 2 is 1.80 bits per heavy atom. The van der Waals surface area contributed by atoms with Gasteiger partial charge < -0.3 is 14.6 Å². The SMILES string of the molecule is C=CCN1CCC2(CC1)C[C@@H]2C(=O)N[C@@H](CCCCCC(=O)CC)c1ncc(-c2ccc3c(c2)C2CCC3N2CC=C)n1COCC[Si](C)(C)C. The number of amides is 1. The van der Waals surface area contributed by atoms with Gasteiger partial charge in [-0.25, -0.2) is 4.98 Å². The molecule has 4 heterocycles. The minimum atomic E-state index is -1.27. The Bertz CT molecular complexity index is 1550. The number of nitrogens with zero attached hydrogens (tertiary/aromatic N) is 4. The monoisotopic (exact) mass is 713 g/mol. The zero-order valence-corrected chi connectivity index (χ0v) is 32.9. The molecule has 2 bridgehead atoms. The number of piperidine rings is 1. The minimum Gasteiger partial charge on any atom is -0.361 e. The molecule has 1 N–H and O–H groups in total. The second-order valence-electron chi connectivity index (χ2n) is 17.0. The van der Waals surface area contributed by atoms with Crippen LogP contribution < -0.4 is 5.32 Å². The Morgan fingerprint density at radius 3 is 2.51 bits per heavy atom. The van der Waals surface area contributed by atoms with Crippen molar-refractivity contribution in [3.63, 3.8) is 0 Å². The molecule has 4 aliphatic rings. The average molecular weight is 714 g/mol. The third-order valence-electron chi connectivity index (χ3n) is 12.3. The molecule has 9 heteroatoms. The summed E-state index contributed by atoms with van der Waals surface area (Å²) in [5.41, 5.74) is 5.22. The Labute approximate surface area is 308 Å². The van der Waals surface area contributed by atoms with Crippen LogP contribution in [0.1, 0.15) is 113 Å². The summed E-state index contributed by atoms with van der Waals surface area (Å²) in [5, 5.41) is 3.53. The van der Waals surface area contributed by atoms with Crippen LogP contribution in [0.25, 0.3) is 11.3 Å². The zero-order valence-electron chi connectivity index (χ0n) is 31.9. The largest absolute Gasteiger partial charge is 0.361 e. The van der Waals surface area contributed by atoms with Crippen molar-refractivity contribution in [2.45, 2.75) is 128 Å². The number of rotatable bonds is 20. The van der Waals surface area contributed by atoms with Gasteiger partial charge in [0.15, 0.2) is 0 Å². The Morgan fingerprint density at radius 1 is 1.06 bits per heavy atom. The maximum absolute atomic E-state index is 14.1. The maximum atomic E-state index is 14.1. The Kier molecular flexibility index (Phi) is 12.2. The van der Waals surface area contributed by atoms with E-state index in [-0.39, 0.29) is 23.3 Å². The average Bonchev–Trinajstić information content (AvgIpc) is 3.34. The van der Waals surface area contributed by atoms with Gasteiger partial charge in [-0.1, -0.05) is 63.7 Å². The number of carbonyl (C=O) groups is 2. The minimum absolute atomic E-state index is 0.0644. The molecule has 51 heavy (non-hydrogen) atoms. The number of unbranched alkanes of at least 4 members (excludes halogenated alkanes) is 2. The number of Topliss-reactive ketones (excluding diaryl/α,β-unsaturated/α-hetero) is 1. The van der Waals surface area contributed by atoms with Crippen molar-refractivity contribution in [2.24, 2.45) is 11.3 Å². The molecule has 2 unspecified atom stereocenters. The smallest absolute Gasteiger partial charge is 0.224 e. The van der Waals surface area contributed by atoms with Gasteiger partial charge in [0.05, 0.1) is 17.9 Å². The number of ether oxygens (including phenoxy) is 1. The first-order valence-electron chi connectivity index (χ1n) is 19.9. The first-order chi connectivity index (χ1) is 24.6. The van der Waals surface area contributed by atoms with Crippen LogP contribution in [0.4, 0.5) is 0 Å². The van der Waals surface area contributed by atoms with E-state index in [9.17, 15) is 9.59 Å². The number of nitrogens with one attached hydrogen (secondary N) is 1. The van der Waals surface area contributed by atoms with Crippen molar-refractivity contribution in [1.82, 2.24) is 24.7 Å². The molecule has 1 spiro atoms. The lowest BCUT2D eigenvalue weighted by Gasteiger charge is -2.32. The molecule has 2 aromatic rings. The molecule has 2 saturated heterocycles. The van der Waals surface area contributed by atoms with E-state index in [1.165, 1.54) is 24.0 Å². The second-order valence-corrected chi connectivity index (χ2v) is 22.6. The summed E-state index contributed by atoms with van der Waals surface area (Å²) >= 11 is 0. The summed E-state index contributed by atoms with van der Waals surface area (Å²) in [6.45, 7) is 22.0. The Hall–Kier alpha value is -2.85. The molecule has 1 aromatic heterocycles. The number of hydrogen-bond acceptors (Lipinski definition) is 6. The standard InChI is InChI=1S/C42H63N5O3Si/c1-7-21-45-23-19-42(20-24-45)28-35(42)41(49)44-36(14-12-10-11-13-32(48)9-3)40-43-29-39(47(40)30-50-25-26-51(4,5)6)31-15-16-33-34(27-31)38-18-17-37(33)46(38)22-8-2/h7-8,15-16,27,29,35-38H,1-2,9-14,17-26,28,30H2,3-6H3,(H,44,49)/t35-,36+,37?,38?/m1/s1. The highest BCUT2D eigenvalue weighted by molar-refractivity contribution is 6.76. The van der Waals surface area contributed by atoms with Crippen LogP contribution in [0.15, 0.2) is 49.7 Å². The van der Waals surface area contributed by atoms with Gasteiger partial charge in [-0.2, -0.15) is 0 Å². The van der Waals surface area contributed by atoms with Crippen molar-refractivity contribution in [2.75, 3.05) is 32.8 Å². The lowest BCUT2D eigenvalue weighted by molar-refractivity contribution is -0.124. The van der Waals surface area contributed by atoms with E-state index in [0.717, 1.165) is 94.3 Å². The van der Waals surface area contributed by atoms with Gasteiger partial charge in [0, 0.05) is 64.2 Å². The molecule has 1 saturated carbocycles. The fourth-order valence-corrected chi connectivity index (χ4v) is 9.78. The number of benzene rings is 1. The number of likely N-dealkylation sites (tertiary alicyclic amines) is 1. The molecule has 3 fully saturated rings. The zero-order chi connectivity index (χ0) is 36.2. The molecule has 278 valence electrons. The van der Waals surface area contributed by atoms with E-state index in [1.54, 1.807) is 0 Å². The van der Waals surface area contributed by atoms with Crippen molar-refractivity contribution in [1.29, 1.82) is 0 Å². The maximum Gasteiger partial charge on any atom is 0.224 e. The Balaban J connectivity index is 1.25. The van der Waals surface area contributed by atoms with Crippen LogP contribution in [0.2, 0.25) is 25.7 Å². The molecule has 3 aliphatic heterocycles. The lowest BCUT2D eigenvalue weighted by atomic mass is 9.90. The number of fused-ring (bicyclic) bond motifs is 5. The van der Waals surface area contributed by atoms with E-state index < -0.39 is 8.07 Å². The highest BCUT2D eigenvalue weighted by atomic mass is 28.3. The van der Waals surface area contributed by atoms with Gasteiger partial charge in [-0.15, -0.1) is 13.2 Å². The predicted octanol–water partition coefficient (Wildman–Crippen LogP) is 8.62. The summed E-state index contributed by atoms with van der Waals surface area (Å²) < 4.78 is 8.68. The molecular formula is C42H63N5O3Si. The van der Waals surface area contributed by atoms with E-state index >= 15 is 0 Å². The molecular weight excluding hydrogens is 651 g/mol. The van der Waals surface area contributed by atoms with Crippen molar-refractivity contribution < 1.29 is 14.3 Å². The highest BCUT2D eigenvalue weighted by Gasteiger charge is 2.58. The summed E-state index contributed by atoms with van der Waals surface area (Å²) in [7, 11) is -1.27. The van der Waals surface area contributed by atoms with Gasteiger partial charge in [0.25, 0.3) is 0 Å². The van der Waals surface area contributed by atoms with E-state index in [1.807, 2.05) is 25.3 Å². The number of carbonyl (C=O) groups excluding carboxylic acids is 2. The molecule has 1 aliphatic carbocycles. The third-order valence-corrected chi connectivity index (χ3v) is 14.0. The molecule has 1 aromatic carbocycles. The highest BCUT2D eigenvalue weighted by Crippen LogP contribution is 2.59.